The highest BCUT2D eigenvalue weighted by Crippen LogP contribution is 2.47. The summed E-state index contributed by atoms with van der Waals surface area (Å²) in [5.41, 5.74) is 2.76. The molecule has 276 valence electrons. The summed E-state index contributed by atoms with van der Waals surface area (Å²) in [5, 5.41) is 22.4. The van der Waals surface area contributed by atoms with Crippen molar-refractivity contribution in [2.45, 2.75) is 112 Å². The molecule has 2 aliphatic rings. The molecule has 3 atom stereocenters. The number of anilines is 1. The smallest absolute Gasteiger partial charge is 0.414 e. The van der Waals surface area contributed by atoms with Crippen LogP contribution in [-0.2, 0) is 9.47 Å². The lowest BCUT2D eigenvalue weighted by Gasteiger charge is -2.41. The number of likely N-dealkylation sites (tertiary alicyclic amines) is 1. The van der Waals surface area contributed by atoms with E-state index in [-0.39, 0.29) is 23.6 Å². The number of aliphatic imine (C=N–C) groups is 2. The monoisotopic (exact) mass is 695 g/mol. The molecule has 1 aromatic rings. The van der Waals surface area contributed by atoms with E-state index in [2.05, 4.69) is 31.2 Å². The van der Waals surface area contributed by atoms with Crippen LogP contribution < -0.4 is 21.3 Å². The Morgan fingerprint density at radius 3 is 2.12 bits per heavy atom. The molecule has 0 saturated carbocycles. The van der Waals surface area contributed by atoms with Gasteiger partial charge >= 0.3 is 18.2 Å². The second-order valence-electron chi connectivity index (χ2n) is 15.2. The van der Waals surface area contributed by atoms with Crippen LogP contribution in [0.1, 0.15) is 110 Å². The fourth-order valence-electron chi connectivity index (χ4n) is 5.84. The van der Waals surface area contributed by atoms with E-state index in [1.807, 2.05) is 45.9 Å². The summed E-state index contributed by atoms with van der Waals surface area (Å²) in [4.78, 5) is 48.9. The number of carbonyl (C=O) groups is 3. The third-order valence-electron chi connectivity index (χ3n) is 7.90. The zero-order chi connectivity index (χ0) is 37.2. The predicted octanol–water partition coefficient (Wildman–Crippen LogP) is 6.61. The van der Waals surface area contributed by atoms with Crippen molar-refractivity contribution in [3.05, 3.63) is 52.6 Å². The Labute approximate surface area is 297 Å². The molecule has 3 rings (SSSR count). The summed E-state index contributed by atoms with van der Waals surface area (Å²) in [6.45, 7) is 20.7. The van der Waals surface area contributed by atoms with E-state index in [9.17, 15) is 19.5 Å². The average molecular weight is 696 g/mol. The number of carboxylic acids is 1. The van der Waals surface area contributed by atoms with Crippen LogP contribution in [-0.4, -0.2) is 83.5 Å². The van der Waals surface area contributed by atoms with Crippen LogP contribution in [0.3, 0.4) is 0 Å². The van der Waals surface area contributed by atoms with Gasteiger partial charge in [-0.05, 0) is 112 Å². The molecule has 1 aromatic carbocycles. The van der Waals surface area contributed by atoms with Gasteiger partial charge in [0.1, 0.15) is 11.2 Å². The number of amides is 2. The molecule has 13 nitrogen and oxygen atoms in total. The fraction of sp³-hybridized carbons (Fsp3) is 0.595. The lowest BCUT2D eigenvalue weighted by atomic mass is 9.80. The van der Waals surface area contributed by atoms with Crippen LogP contribution in [0.15, 0.2) is 51.5 Å². The van der Waals surface area contributed by atoms with E-state index in [4.69, 9.17) is 14.5 Å². The summed E-state index contributed by atoms with van der Waals surface area (Å²) < 4.78 is 11.0. The Hall–Kier alpha value is -4.55. The highest BCUT2D eigenvalue weighted by atomic mass is 16.6. The van der Waals surface area contributed by atoms with Crippen molar-refractivity contribution in [2.24, 2.45) is 15.9 Å². The van der Waals surface area contributed by atoms with E-state index in [1.165, 1.54) is 0 Å². The number of nitrogens with one attached hydrogen (secondary N) is 4. The molecule has 0 radical (unpaired) electrons. The molecule has 0 unspecified atom stereocenters. The summed E-state index contributed by atoms with van der Waals surface area (Å²) in [5.74, 6) is -0.182. The van der Waals surface area contributed by atoms with Gasteiger partial charge in [-0.1, -0.05) is 23.3 Å². The van der Waals surface area contributed by atoms with Crippen molar-refractivity contribution >= 4 is 35.8 Å². The first-order chi connectivity index (χ1) is 23.3. The number of aromatic carboxylic acids is 1. The lowest BCUT2D eigenvalue weighted by molar-refractivity contribution is 0.0545. The van der Waals surface area contributed by atoms with Gasteiger partial charge in [0.2, 0.25) is 11.9 Å². The van der Waals surface area contributed by atoms with Gasteiger partial charge < -0.3 is 30.1 Å². The number of ether oxygens (including phenoxy) is 2. The first kappa shape index (κ1) is 39.9. The minimum atomic E-state index is -1.01. The van der Waals surface area contributed by atoms with Gasteiger partial charge in [-0.25, -0.2) is 24.4 Å². The molecule has 0 aliphatic carbocycles. The van der Waals surface area contributed by atoms with E-state index in [0.717, 1.165) is 41.7 Å². The number of rotatable bonds is 9. The van der Waals surface area contributed by atoms with Crippen molar-refractivity contribution in [3.63, 3.8) is 0 Å². The Kier molecular flexibility index (Phi) is 13.9. The fourth-order valence-corrected chi connectivity index (χ4v) is 5.84. The topological polar surface area (TPSA) is 166 Å². The Morgan fingerprint density at radius 2 is 1.54 bits per heavy atom. The van der Waals surface area contributed by atoms with E-state index < -0.39 is 29.4 Å². The Bertz CT molecular complexity index is 1490. The van der Waals surface area contributed by atoms with Crippen LogP contribution in [0, 0.1) is 5.92 Å². The number of fused-ring (bicyclic) bond motifs is 3. The summed E-state index contributed by atoms with van der Waals surface area (Å²) in [7, 11) is 0. The molecule has 5 N–H and O–H groups in total. The quantitative estimate of drug-likeness (QED) is 0.0828. The number of hydrogen-bond acceptors (Lipinski definition) is 8. The second-order valence-corrected chi connectivity index (χ2v) is 15.2. The highest BCUT2D eigenvalue weighted by molar-refractivity contribution is 5.95. The number of allylic oxidation sites excluding steroid dienone is 2. The maximum atomic E-state index is 13.0. The van der Waals surface area contributed by atoms with Crippen LogP contribution >= 0.6 is 0 Å². The first-order valence-corrected chi connectivity index (χ1v) is 17.3. The molecule has 13 heteroatoms. The molecule has 50 heavy (non-hydrogen) atoms. The molecule has 2 amide bonds. The number of carboxylic acid groups (broad SMARTS) is 1. The maximum absolute atomic E-state index is 13.0. The number of alkyl carbamates (subject to hydrolysis) is 2. The van der Waals surface area contributed by atoms with E-state index in [0.29, 0.717) is 38.1 Å². The van der Waals surface area contributed by atoms with Crippen molar-refractivity contribution in [1.82, 2.24) is 20.9 Å². The van der Waals surface area contributed by atoms with Crippen LogP contribution in [0.2, 0.25) is 0 Å². The Morgan fingerprint density at radius 1 is 0.940 bits per heavy atom. The van der Waals surface area contributed by atoms with E-state index in [1.54, 1.807) is 53.7 Å². The molecule has 0 bridgehead atoms. The number of guanidine groups is 2. The van der Waals surface area contributed by atoms with Crippen molar-refractivity contribution in [3.8, 4) is 0 Å². The zero-order valence-electron chi connectivity index (χ0n) is 31.4. The van der Waals surface area contributed by atoms with Crippen LogP contribution in [0.5, 0.6) is 0 Å². The van der Waals surface area contributed by atoms with Gasteiger partial charge in [-0.3, -0.25) is 10.6 Å². The van der Waals surface area contributed by atoms with Gasteiger partial charge in [0.15, 0.2) is 0 Å². The third kappa shape index (κ3) is 12.7. The molecular formula is C37H57N7O6. The zero-order valence-corrected chi connectivity index (χ0v) is 31.4. The average Bonchev–Trinajstić information content (AvgIpc) is 3.42. The number of carbonyl (C=O) groups excluding carboxylic acids is 2. The number of hydrogen-bond donors (Lipinski definition) is 5. The first-order valence-electron chi connectivity index (χ1n) is 17.3. The van der Waals surface area contributed by atoms with Gasteiger partial charge in [0.25, 0.3) is 0 Å². The van der Waals surface area contributed by atoms with Gasteiger partial charge in [0.05, 0.1) is 24.7 Å². The van der Waals surface area contributed by atoms with Crippen molar-refractivity contribution in [1.29, 1.82) is 0 Å². The summed E-state index contributed by atoms with van der Waals surface area (Å²) in [6.07, 6.45) is 5.09. The van der Waals surface area contributed by atoms with Gasteiger partial charge in [0, 0.05) is 30.7 Å². The minimum Gasteiger partial charge on any atom is -0.478 e. The molecule has 1 saturated heterocycles. The molecular weight excluding hydrogens is 638 g/mol. The standard InChI is InChI=1S/C37H57N7O6/c1-23(2)15-19-39-32(42-34(47)49-36(5,6)7)38-18-11-12-28-26-17-21-44(30(26)27-22-25(31(45)46)13-14-29(27)41-28)33(40-20-16-24(3)4)43-35(48)50-37(8,9)10/h13-16,22,26,28,30,41H,11-12,17-21H2,1-10H3,(H,45,46)(H,40,43,48)(H2,38,39,42,47)/t26-,28-,30-/m0/s1. The molecule has 2 aliphatic heterocycles. The maximum Gasteiger partial charge on any atom is 0.414 e. The predicted molar refractivity (Wildman–Crippen MR) is 198 cm³/mol. The number of benzene rings is 1. The highest BCUT2D eigenvalue weighted by Gasteiger charge is 2.45. The Balaban J connectivity index is 1.85. The van der Waals surface area contributed by atoms with Crippen LogP contribution in [0.4, 0.5) is 15.3 Å². The normalized spacial score (nSPS) is 18.9. The summed E-state index contributed by atoms with van der Waals surface area (Å²) in [6, 6.07) is 4.94. The molecule has 0 aromatic heterocycles. The van der Waals surface area contributed by atoms with E-state index >= 15 is 0 Å². The van der Waals surface area contributed by atoms with Gasteiger partial charge in [-0.2, -0.15) is 0 Å². The molecule has 2 heterocycles. The summed E-state index contributed by atoms with van der Waals surface area (Å²) >= 11 is 0. The van der Waals surface area contributed by atoms with Crippen molar-refractivity contribution in [2.75, 3.05) is 31.5 Å². The van der Waals surface area contributed by atoms with Gasteiger partial charge in [-0.15, -0.1) is 0 Å². The largest absolute Gasteiger partial charge is 0.478 e. The lowest BCUT2D eigenvalue weighted by Crippen LogP contribution is -2.48. The number of nitrogens with zero attached hydrogens (tertiary/aromatic N) is 3. The van der Waals surface area contributed by atoms with Crippen LogP contribution in [0.25, 0.3) is 0 Å². The molecule has 0 spiro atoms. The third-order valence-corrected chi connectivity index (χ3v) is 7.90. The molecule has 1 fully saturated rings. The minimum absolute atomic E-state index is 0.0421. The van der Waals surface area contributed by atoms with Crippen molar-refractivity contribution < 1.29 is 29.0 Å². The SMILES string of the molecule is CC(C)=CCN=C(NCCC[C@@H]1Nc2ccc(C(=O)O)cc2[C@@H]2[C@H]1CCN2C(=NCC=C(C)C)NC(=O)OC(C)(C)C)NC(=O)OC(C)(C)C. The second kappa shape index (κ2) is 17.4.